The van der Waals surface area contributed by atoms with E-state index in [-0.39, 0.29) is 11.9 Å². The average molecular weight is 307 g/mol. The van der Waals surface area contributed by atoms with Gasteiger partial charge in [0, 0.05) is 12.5 Å². The molecule has 2 N–H and O–H groups in total. The lowest BCUT2D eigenvalue weighted by atomic mass is 10.00. The van der Waals surface area contributed by atoms with Gasteiger partial charge in [0.1, 0.15) is 0 Å². The zero-order valence-electron chi connectivity index (χ0n) is 13.0. The largest absolute Gasteiger partial charge is 0.384 e. The Balaban J connectivity index is 1.66. The number of aliphatic hydroxyl groups is 1. The maximum absolute atomic E-state index is 11.2. The third-order valence-corrected chi connectivity index (χ3v) is 4.10. The van der Waals surface area contributed by atoms with E-state index in [1.807, 2.05) is 42.5 Å². The van der Waals surface area contributed by atoms with Crippen molar-refractivity contribution in [3.05, 3.63) is 83.4 Å². The van der Waals surface area contributed by atoms with Crippen LogP contribution in [-0.2, 0) is 11.2 Å². The SMILES string of the molecule is O=C1CC[C@H](/C=C/C(O)c2cccc(Cc3ccccc3)c2)N1. The van der Waals surface area contributed by atoms with E-state index in [1.54, 1.807) is 6.08 Å². The zero-order chi connectivity index (χ0) is 16.1. The minimum Gasteiger partial charge on any atom is -0.384 e. The van der Waals surface area contributed by atoms with Crippen LogP contribution in [0.15, 0.2) is 66.7 Å². The number of hydrogen-bond acceptors (Lipinski definition) is 2. The Hall–Kier alpha value is -2.39. The summed E-state index contributed by atoms with van der Waals surface area (Å²) >= 11 is 0. The smallest absolute Gasteiger partial charge is 0.220 e. The number of nitrogens with one attached hydrogen (secondary N) is 1. The van der Waals surface area contributed by atoms with E-state index in [0.717, 1.165) is 18.4 Å². The zero-order valence-corrected chi connectivity index (χ0v) is 13.0. The first-order valence-corrected chi connectivity index (χ1v) is 7.99. The van der Waals surface area contributed by atoms with Crippen molar-refractivity contribution in [1.29, 1.82) is 0 Å². The second-order valence-electron chi connectivity index (χ2n) is 5.95. The average Bonchev–Trinajstić information content (AvgIpc) is 2.99. The molecule has 3 nitrogen and oxygen atoms in total. The van der Waals surface area contributed by atoms with E-state index >= 15 is 0 Å². The fourth-order valence-corrected chi connectivity index (χ4v) is 2.85. The summed E-state index contributed by atoms with van der Waals surface area (Å²) in [6.45, 7) is 0. The van der Waals surface area contributed by atoms with Gasteiger partial charge in [-0.3, -0.25) is 4.79 Å². The molecular weight excluding hydrogens is 286 g/mol. The highest BCUT2D eigenvalue weighted by Crippen LogP contribution is 2.19. The Morgan fingerprint density at radius 3 is 2.65 bits per heavy atom. The summed E-state index contributed by atoms with van der Waals surface area (Å²) in [4.78, 5) is 11.2. The molecule has 23 heavy (non-hydrogen) atoms. The molecule has 3 rings (SSSR count). The number of carbonyl (C=O) groups excluding carboxylic acids is 1. The molecule has 1 heterocycles. The van der Waals surface area contributed by atoms with Crippen molar-refractivity contribution in [2.24, 2.45) is 0 Å². The standard InChI is InChI=1S/C20H21NO2/c22-19(11-9-18-10-12-20(23)21-18)17-8-4-7-16(14-17)13-15-5-2-1-3-6-15/h1-9,11,14,18-19,22H,10,12-13H2,(H,21,23)/b11-9+/t18-,19?/m0/s1. The molecule has 1 aliphatic heterocycles. The molecule has 0 bridgehead atoms. The molecule has 2 atom stereocenters. The molecule has 1 aliphatic rings. The molecule has 0 saturated carbocycles. The van der Waals surface area contributed by atoms with E-state index in [2.05, 4.69) is 23.5 Å². The van der Waals surface area contributed by atoms with Crippen LogP contribution >= 0.6 is 0 Å². The maximum Gasteiger partial charge on any atom is 0.220 e. The summed E-state index contributed by atoms with van der Waals surface area (Å²) in [6.07, 6.45) is 5.22. The minimum atomic E-state index is -0.650. The highest BCUT2D eigenvalue weighted by molar-refractivity contribution is 5.78. The fraction of sp³-hybridized carbons (Fsp3) is 0.250. The Morgan fingerprint density at radius 1 is 1.13 bits per heavy atom. The number of benzene rings is 2. The van der Waals surface area contributed by atoms with Crippen LogP contribution in [0, 0.1) is 0 Å². The molecule has 1 fully saturated rings. The van der Waals surface area contributed by atoms with Crippen LogP contribution in [-0.4, -0.2) is 17.1 Å². The van der Waals surface area contributed by atoms with Crippen molar-refractivity contribution < 1.29 is 9.90 Å². The van der Waals surface area contributed by atoms with Gasteiger partial charge < -0.3 is 10.4 Å². The summed E-state index contributed by atoms with van der Waals surface area (Å²) in [5.41, 5.74) is 3.30. The van der Waals surface area contributed by atoms with Crippen LogP contribution in [0.2, 0.25) is 0 Å². The second kappa shape index (κ2) is 7.25. The lowest BCUT2D eigenvalue weighted by Gasteiger charge is -2.10. The van der Waals surface area contributed by atoms with Crippen LogP contribution in [0.5, 0.6) is 0 Å². The number of hydrogen-bond donors (Lipinski definition) is 2. The van der Waals surface area contributed by atoms with Gasteiger partial charge in [-0.1, -0.05) is 66.7 Å². The molecule has 118 valence electrons. The molecular formula is C20H21NO2. The molecule has 2 aromatic carbocycles. The second-order valence-corrected chi connectivity index (χ2v) is 5.95. The monoisotopic (exact) mass is 307 g/mol. The molecule has 0 aromatic heterocycles. The number of carbonyl (C=O) groups is 1. The normalized spacial score (nSPS) is 19.0. The number of aliphatic hydroxyl groups excluding tert-OH is 1. The molecule has 0 spiro atoms. The highest BCUT2D eigenvalue weighted by Gasteiger charge is 2.18. The quantitative estimate of drug-likeness (QED) is 0.834. The predicted molar refractivity (Wildman–Crippen MR) is 91.0 cm³/mol. The molecule has 0 aliphatic carbocycles. The van der Waals surface area contributed by atoms with Crippen LogP contribution < -0.4 is 5.32 Å². The molecule has 1 saturated heterocycles. The van der Waals surface area contributed by atoms with E-state index in [1.165, 1.54) is 11.1 Å². The summed E-state index contributed by atoms with van der Waals surface area (Å²) < 4.78 is 0. The van der Waals surface area contributed by atoms with Crippen molar-refractivity contribution >= 4 is 5.91 Å². The van der Waals surface area contributed by atoms with Crippen molar-refractivity contribution in [2.75, 3.05) is 0 Å². The first-order valence-electron chi connectivity index (χ1n) is 7.99. The molecule has 0 radical (unpaired) electrons. The van der Waals surface area contributed by atoms with Gasteiger partial charge in [0.05, 0.1) is 6.10 Å². The Kier molecular flexibility index (Phi) is 4.89. The van der Waals surface area contributed by atoms with Gasteiger partial charge in [0.2, 0.25) is 5.91 Å². The minimum absolute atomic E-state index is 0.0460. The van der Waals surface area contributed by atoms with Crippen molar-refractivity contribution in [2.45, 2.75) is 31.4 Å². The Labute approximate surface area is 136 Å². The highest BCUT2D eigenvalue weighted by atomic mass is 16.3. The third kappa shape index (κ3) is 4.30. The van der Waals surface area contributed by atoms with Gasteiger partial charge >= 0.3 is 0 Å². The lowest BCUT2D eigenvalue weighted by molar-refractivity contribution is -0.119. The number of rotatable bonds is 5. The van der Waals surface area contributed by atoms with E-state index < -0.39 is 6.10 Å². The van der Waals surface area contributed by atoms with Crippen LogP contribution in [0.25, 0.3) is 0 Å². The summed E-state index contributed by atoms with van der Waals surface area (Å²) in [7, 11) is 0. The lowest BCUT2D eigenvalue weighted by Crippen LogP contribution is -2.23. The van der Waals surface area contributed by atoms with Crippen molar-refractivity contribution in [1.82, 2.24) is 5.32 Å². The maximum atomic E-state index is 11.2. The van der Waals surface area contributed by atoms with Gasteiger partial charge in [0.15, 0.2) is 0 Å². The van der Waals surface area contributed by atoms with Crippen molar-refractivity contribution in [3.63, 3.8) is 0 Å². The van der Waals surface area contributed by atoms with Gasteiger partial charge in [0.25, 0.3) is 0 Å². The Bertz CT molecular complexity index is 694. The third-order valence-electron chi connectivity index (χ3n) is 4.10. The molecule has 2 aromatic rings. The topological polar surface area (TPSA) is 49.3 Å². The van der Waals surface area contributed by atoms with Crippen LogP contribution in [0.1, 0.15) is 35.6 Å². The Morgan fingerprint density at radius 2 is 1.91 bits per heavy atom. The first-order chi connectivity index (χ1) is 11.2. The van der Waals surface area contributed by atoms with Gasteiger partial charge in [-0.15, -0.1) is 0 Å². The molecule has 1 unspecified atom stereocenters. The fourth-order valence-electron chi connectivity index (χ4n) is 2.85. The predicted octanol–water partition coefficient (Wildman–Crippen LogP) is 3.15. The molecule has 1 amide bonds. The van der Waals surface area contributed by atoms with Crippen molar-refractivity contribution in [3.8, 4) is 0 Å². The molecule has 3 heteroatoms. The van der Waals surface area contributed by atoms with Crippen LogP contribution in [0.4, 0.5) is 0 Å². The summed E-state index contributed by atoms with van der Waals surface area (Å²) in [5, 5.41) is 13.2. The van der Waals surface area contributed by atoms with E-state index in [9.17, 15) is 9.90 Å². The van der Waals surface area contributed by atoms with Gasteiger partial charge in [-0.2, -0.15) is 0 Å². The van der Waals surface area contributed by atoms with Gasteiger partial charge in [-0.25, -0.2) is 0 Å². The first kappa shape index (κ1) is 15.5. The van der Waals surface area contributed by atoms with E-state index in [4.69, 9.17) is 0 Å². The summed E-state index contributed by atoms with van der Waals surface area (Å²) in [6, 6.07) is 18.3. The van der Waals surface area contributed by atoms with Gasteiger partial charge in [-0.05, 0) is 29.5 Å². The van der Waals surface area contributed by atoms with E-state index in [0.29, 0.717) is 6.42 Å². The van der Waals surface area contributed by atoms with Crippen LogP contribution in [0.3, 0.4) is 0 Å². The number of amides is 1. The summed E-state index contributed by atoms with van der Waals surface area (Å²) in [5.74, 6) is 0.0824.